The van der Waals surface area contributed by atoms with Crippen LogP contribution in [-0.2, 0) is 19.1 Å². The van der Waals surface area contributed by atoms with Crippen LogP contribution in [0.3, 0.4) is 0 Å². The highest BCUT2D eigenvalue weighted by atomic mass is 16.5. The van der Waals surface area contributed by atoms with Gasteiger partial charge < -0.3 is 14.4 Å². The van der Waals surface area contributed by atoms with Gasteiger partial charge in [0, 0.05) is 6.04 Å². The van der Waals surface area contributed by atoms with Gasteiger partial charge in [0.25, 0.3) is 0 Å². The van der Waals surface area contributed by atoms with Gasteiger partial charge in [0.15, 0.2) is 0 Å². The van der Waals surface area contributed by atoms with Gasteiger partial charge in [-0.1, -0.05) is 25.0 Å². The van der Waals surface area contributed by atoms with E-state index in [4.69, 9.17) is 9.47 Å². The second-order valence-corrected chi connectivity index (χ2v) is 6.33. The molecule has 4 atom stereocenters. The van der Waals surface area contributed by atoms with Crippen LogP contribution >= 0.6 is 0 Å². The first kappa shape index (κ1) is 12.4. The number of rotatable bonds is 2. The van der Waals surface area contributed by atoms with Crippen LogP contribution in [0.2, 0.25) is 0 Å². The van der Waals surface area contributed by atoms with Gasteiger partial charge >= 0.3 is 5.97 Å². The van der Waals surface area contributed by atoms with Crippen molar-refractivity contribution in [2.24, 2.45) is 11.8 Å². The largest absolute Gasteiger partial charge is 0.469 e. The Balaban J connectivity index is 1.67. The van der Waals surface area contributed by atoms with E-state index >= 15 is 0 Å². The molecule has 2 bridgehead atoms. The highest BCUT2D eigenvalue weighted by Gasteiger charge is 2.67. The van der Waals surface area contributed by atoms with Crippen molar-refractivity contribution >= 4 is 11.9 Å². The van der Waals surface area contributed by atoms with E-state index in [1.54, 1.807) is 0 Å². The van der Waals surface area contributed by atoms with Crippen LogP contribution in [0.15, 0.2) is 12.2 Å². The third kappa shape index (κ3) is 1.41. The fourth-order valence-corrected chi connectivity index (χ4v) is 4.46. The van der Waals surface area contributed by atoms with E-state index in [0.717, 1.165) is 12.8 Å². The van der Waals surface area contributed by atoms with Gasteiger partial charge in [-0.3, -0.25) is 9.59 Å². The summed E-state index contributed by atoms with van der Waals surface area (Å²) >= 11 is 0. The van der Waals surface area contributed by atoms with Crippen molar-refractivity contribution in [1.29, 1.82) is 0 Å². The molecular formula is C15H19NO4. The maximum absolute atomic E-state index is 12.8. The van der Waals surface area contributed by atoms with E-state index in [2.05, 4.69) is 0 Å². The normalized spacial score (nSPS) is 42.5. The van der Waals surface area contributed by atoms with Crippen molar-refractivity contribution in [3.05, 3.63) is 12.2 Å². The van der Waals surface area contributed by atoms with Crippen molar-refractivity contribution in [2.75, 3.05) is 13.7 Å². The van der Waals surface area contributed by atoms with Crippen LogP contribution in [-0.4, -0.2) is 48.2 Å². The molecule has 20 heavy (non-hydrogen) atoms. The van der Waals surface area contributed by atoms with E-state index < -0.39 is 11.5 Å². The number of methoxy groups -OCH3 is 1. The molecule has 108 valence electrons. The van der Waals surface area contributed by atoms with Crippen molar-refractivity contribution < 1.29 is 19.1 Å². The molecule has 1 saturated carbocycles. The Morgan fingerprint density at radius 2 is 2.20 bits per heavy atom. The second kappa shape index (κ2) is 4.07. The van der Waals surface area contributed by atoms with Crippen molar-refractivity contribution in [3.63, 3.8) is 0 Å². The number of nitrogens with zero attached hydrogens (tertiary/aromatic N) is 1. The van der Waals surface area contributed by atoms with Crippen LogP contribution in [0, 0.1) is 11.8 Å². The predicted molar refractivity (Wildman–Crippen MR) is 69.7 cm³/mol. The van der Waals surface area contributed by atoms with Crippen molar-refractivity contribution in [1.82, 2.24) is 4.90 Å². The number of esters is 1. The number of hydrogen-bond donors (Lipinski definition) is 0. The monoisotopic (exact) mass is 277 g/mol. The van der Waals surface area contributed by atoms with Crippen LogP contribution in [0.4, 0.5) is 0 Å². The topological polar surface area (TPSA) is 55.8 Å². The fourth-order valence-electron chi connectivity index (χ4n) is 4.46. The summed E-state index contributed by atoms with van der Waals surface area (Å²) in [5.74, 6) is -1.10. The van der Waals surface area contributed by atoms with Gasteiger partial charge in [-0.2, -0.15) is 0 Å². The number of hydrogen-bond acceptors (Lipinski definition) is 4. The molecule has 5 heteroatoms. The van der Waals surface area contributed by atoms with Crippen LogP contribution in [0.5, 0.6) is 0 Å². The molecule has 2 saturated heterocycles. The van der Waals surface area contributed by atoms with Crippen LogP contribution in [0.25, 0.3) is 0 Å². The van der Waals surface area contributed by atoms with E-state index in [1.165, 1.54) is 20.0 Å². The number of carbonyl (C=O) groups is 2. The number of amides is 1. The quantitative estimate of drug-likeness (QED) is 0.555. The van der Waals surface area contributed by atoms with Gasteiger partial charge in [0.1, 0.15) is 11.5 Å². The molecule has 3 fully saturated rings. The van der Waals surface area contributed by atoms with Gasteiger partial charge in [-0.15, -0.1) is 0 Å². The predicted octanol–water partition coefficient (Wildman–Crippen LogP) is 0.884. The molecular weight excluding hydrogens is 258 g/mol. The summed E-state index contributed by atoms with van der Waals surface area (Å²) in [5, 5.41) is 0. The van der Waals surface area contributed by atoms with Gasteiger partial charge in [-0.05, 0) is 12.8 Å². The average molecular weight is 277 g/mol. The Morgan fingerprint density at radius 1 is 1.45 bits per heavy atom. The fraction of sp³-hybridized carbons (Fsp3) is 0.733. The van der Waals surface area contributed by atoms with Gasteiger partial charge in [-0.25, -0.2) is 0 Å². The Morgan fingerprint density at radius 3 is 2.90 bits per heavy atom. The lowest BCUT2D eigenvalue weighted by Gasteiger charge is -2.26. The Hall–Kier alpha value is -1.36. The van der Waals surface area contributed by atoms with Gasteiger partial charge in [0.05, 0.1) is 25.7 Å². The maximum atomic E-state index is 12.8. The Kier molecular flexibility index (Phi) is 2.52. The molecule has 0 N–H and O–H groups in total. The molecule has 4 rings (SSSR count). The lowest BCUT2D eigenvalue weighted by Crippen LogP contribution is -2.40. The minimum Gasteiger partial charge on any atom is -0.469 e. The smallest absolute Gasteiger partial charge is 0.312 e. The van der Waals surface area contributed by atoms with Crippen LogP contribution in [0.1, 0.15) is 25.7 Å². The molecule has 0 radical (unpaired) electrons. The summed E-state index contributed by atoms with van der Waals surface area (Å²) < 4.78 is 10.9. The number of carbonyl (C=O) groups excluding carboxylic acids is 2. The average Bonchev–Trinajstić information content (AvgIpc) is 3.18. The standard InChI is InChI=1S/C15H19NO4/c1-19-14(18)11-10-6-7-15(20-10)8-16(13(17)12(11)15)9-4-2-3-5-9/h6-7,9-12H,2-5,8H2,1H3/t10-,11+,12-,15+/m1/s1. The SMILES string of the molecule is COC(=O)[C@H]1[C@H]2C=C[C@@]3(CN(C4CCCC4)C(=O)[C@@H]13)O2. The number of ether oxygens (including phenoxy) is 2. The third-order valence-corrected chi connectivity index (χ3v) is 5.37. The molecule has 0 unspecified atom stereocenters. The molecule has 1 spiro atoms. The molecule has 0 aromatic carbocycles. The molecule has 3 heterocycles. The highest BCUT2D eigenvalue weighted by molar-refractivity contribution is 5.91. The summed E-state index contributed by atoms with van der Waals surface area (Å²) in [5.41, 5.74) is -0.580. The first-order chi connectivity index (χ1) is 9.66. The van der Waals surface area contributed by atoms with Gasteiger partial charge in [0.2, 0.25) is 5.91 Å². The minimum absolute atomic E-state index is 0.0825. The molecule has 0 aromatic rings. The summed E-state index contributed by atoms with van der Waals surface area (Å²) in [7, 11) is 1.37. The maximum Gasteiger partial charge on any atom is 0.312 e. The third-order valence-electron chi connectivity index (χ3n) is 5.37. The summed E-state index contributed by atoms with van der Waals surface area (Å²) in [6.07, 6.45) is 8.15. The molecule has 5 nitrogen and oxygen atoms in total. The summed E-state index contributed by atoms with van der Waals surface area (Å²) in [6.45, 7) is 0.599. The lowest BCUT2D eigenvalue weighted by molar-refractivity contribution is -0.151. The van der Waals surface area contributed by atoms with E-state index in [1.807, 2.05) is 17.1 Å². The first-order valence-corrected chi connectivity index (χ1v) is 7.42. The second-order valence-electron chi connectivity index (χ2n) is 6.33. The van der Waals surface area contributed by atoms with E-state index in [-0.39, 0.29) is 23.9 Å². The Bertz CT molecular complexity index is 496. The number of fused-ring (bicyclic) bond motifs is 1. The highest BCUT2D eigenvalue weighted by Crippen LogP contribution is 2.53. The molecule has 0 aromatic heterocycles. The van der Waals surface area contributed by atoms with E-state index in [0.29, 0.717) is 12.6 Å². The molecule has 4 aliphatic rings. The van der Waals surface area contributed by atoms with E-state index in [9.17, 15) is 9.59 Å². The minimum atomic E-state index is -0.580. The summed E-state index contributed by atoms with van der Waals surface area (Å²) in [4.78, 5) is 26.8. The zero-order valence-electron chi connectivity index (χ0n) is 11.6. The zero-order valence-corrected chi connectivity index (χ0v) is 11.6. The molecule has 1 aliphatic carbocycles. The molecule has 3 aliphatic heterocycles. The summed E-state index contributed by atoms with van der Waals surface area (Å²) in [6, 6.07) is 0.330. The van der Waals surface area contributed by atoms with Crippen molar-refractivity contribution in [3.8, 4) is 0 Å². The van der Waals surface area contributed by atoms with Crippen LogP contribution < -0.4 is 0 Å². The molecule has 1 amide bonds. The zero-order chi connectivity index (χ0) is 13.9. The number of likely N-dealkylation sites (tertiary alicyclic amines) is 1. The lowest BCUT2D eigenvalue weighted by atomic mass is 9.77. The Labute approximate surface area is 117 Å². The first-order valence-electron chi connectivity index (χ1n) is 7.42. The van der Waals surface area contributed by atoms with Crippen molar-refractivity contribution in [2.45, 2.75) is 43.4 Å².